The van der Waals surface area contributed by atoms with E-state index in [9.17, 15) is 14.0 Å². The Labute approximate surface area is 206 Å². The molecular formula is C26H24FN5O2S. The molecule has 7 nitrogen and oxygen atoms in total. The van der Waals surface area contributed by atoms with Crippen molar-refractivity contribution in [3.05, 3.63) is 82.2 Å². The topological polar surface area (TPSA) is 88.9 Å². The smallest absolute Gasteiger partial charge is 0.278 e. The zero-order valence-corrected chi connectivity index (χ0v) is 20.0. The molecular weight excluding hydrogens is 465 g/mol. The van der Waals surface area contributed by atoms with Crippen molar-refractivity contribution in [3.8, 4) is 16.9 Å². The largest absolute Gasteiger partial charge is 0.352 e. The Morgan fingerprint density at radius 1 is 1.06 bits per heavy atom. The molecule has 1 aliphatic carbocycles. The van der Waals surface area contributed by atoms with Crippen molar-refractivity contribution in [2.45, 2.75) is 39.2 Å². The first-order valence-corrected chi connectivity index (χ1v) is 12.3. The number of nitrogens with zero attached hydrogens (tertiary/aromatic N) is 3. The molecule has 0 radical (unpaired) electrons. The van der Waals surface area contributed by atoms with Gasteiger partial charge in [-0.2, -0.15) is 5.10 Å². The van der Waals surface area contributed by atoms with Crippen LogP contribution in [-0.4, -0.2) is 26.6 Å². The van der Waals surface area contributed by atoms with Crippen LogP contribution in [0.2, 0.25) is 0 Å². The van der Waals surface area contributed by atoms with Crippen LogP contribution in [0.5, 0.6) is 0 Å². The maximum atomic E-state index is 13.4. The van der Waals surface area contributed by atoms with Crippen LogP contribution in [0.1, 0.15) is 47.1 Å². The molecule has 178 valence electrons. The lowest BCUT2D eigenvalue weighted by Crippen LogP contribution is -2.18. The molecule has 5 rings (SSSR count). The van der Waals surface area contributed by atoms with Gasteiger partial charge in [0.1, 0.15) is 5.82 Å². The van der Waals surface area contributed by atoms with Gasteiger partial charge in [-0.25, -0.2) is 14.1 Å². The van der Waals surface area contributed by atoms with E-state index in [0.717, 1.165) is 59.4 Å². The fourth-order valence-electron chi connectivity index (χ4n) is 4.22. The van der Waals surface area contributed by atoms with Crippen LogP contribution >= 0.6 is 11.3 Å². The Morgan fingerprint density at radius 3 is 2.54 bits per heavy atom. The molecule has 0 unspecified atom stereocenters. The van der Waals surface area contributed by atoms with Gasteiger partial charge >= 0.3 is 0 Å². The Kier molecular flexibility index (Phi) is 6.41. The number of rotatable bonds is 6. The summed E-state index contributed by atoms with van der Waals surface area (Å²) in [7, 11) is 0. The first-order valence-electron chi connectivity index (χ1n) is 11.5. The lowest BCUT2D eigenvalue weighted by Gasteiger charge is -2.14. The summed E-state index contributed by atoms with van der Waals surface area (Å²) >= 11 is 1.35. The number of carbonyl (C=O) groups is 2. The summed E-state index contributed by atoms with van der Waals surface area (Å²) in [4.78, 5) is 28.9. The minimum absolute atomic E-state index is 0.0716. The molecule has 2 N–H and O–H groups in total. The van der Waals surface area contributed by atoms with Crippen molar-refractivity contribution in [2.24, 2.45) is 0 Å². The molecule has 2 heterocycles. The summed E-state index contributed by atoms with van der Waals surface area (Å²) in [5, 5.41) is 12.7. The predicted molar refractivity (Wildman–Crippen MR) is 133 cm³/mol. The highest BCUT2D eigenvalue weighted by Gasteiger charge is 2.26. The Bertz CT molecular complexity index is 1380. The van der Waals surface area contributed by atoms with E-state index in [1.807, 2.05) is 29.6 Å². The predicted octanol–water partition coefficient (Wildman–Crippen LogP) is 4.90. The highest BCUT2D eigenvalue weighted by atomic mass is 32.1. The maximum absolute atomic E-state index is 13.4. The average Bonchev–Trinajstić information content (AvgIpc) is 3.49. The minimum Gasteiger partial charge on any atom is -0.352 e. The molecule has 1 aliphatic rings. The Hall–Kier alpha value is -3.85. The molecule has 0 spiro atoms. The number of aromatic nitrogens is 3. The van der Waals surface area contributed by atoms with Gasteiger partial charge in [-0.3, -0.25) is 14.9 Å². The standard InChI is InChI=1S/C26H24FN5O2S/c1-16(33)28-14-17-6-8-18(9-7-17)22-15-35-26(29-22)30-25(34)24-21-4-2-3-5-23(21)32(31-24)20-12-10-19(27)11-13-20/h6-13,15H,2-5,14H2,1H3,(H,28,33)(H,29,30,34). The van der Waals surface area contributed by atoms with Crippen LogP contribution in [-0.2, 0) is 24.2 Å². The second-order valence-corrected chi connectivity index (χ2v) is 9.33. The number of benzene rings is 2. The SMILES string of the molecule is CC(=O)NCc1ccc(-c2csc(NC(=O)c3nn(-c4ccc(F)cc4)c4c3CCCC4)n2)cc1. The van der Waals surface area contributed by atoms with Crippen LogP contribution in [0.4, 0.5) is 9.52 Å². The molecule has 2 amide bonds. The van der Waals surface area contributed by atoms with Crippen molar-refractivity contribution in [2.75, 3.05) is 5.32 Å². The molecule has 0 saturated heterocycles. The number of hydrogen-bond donors (Lipinski definition) is 2. The van der Waals surface area contributed by atoms with Crippen LogP contribution in [0.25, 0.3) is 16.9 Å². The summed E-state index contributed by atoms with van der Waals surface area (Å²) in [6, 6.07) is 13.9. The second kappa shape index (κ2) is 9.79. The number of anilines is 1. The number of carbonyl (C=O) groups excluding carboxylic acids is 2. The van der Waals surface area contributed by atoms with Gasteiger partial charge in [0.05, 0.1) is 11.4 Å². The third-order valence-corrected chi connectivity index (χ3v) is 6.74. The maximum Gasteiger partial charge on any atom is 0.278 e. The molecule has 0 bridgehead atoms. The summed E-state index contributed by atoms with van der Waals surface area (Å²) in [5.41, 5.74) is 5.76. The Morgan fingerprint density at radius 2 is 1.80 bits per heavy atom. The van der Waals surface area contributed by atoms with Crippen LogP contribution in [0.15, 0.2) is 53.9 Å². The number of hydrogen-bond acceptors (Lipinski definition) is 5. The van der Waals surface area contributed by atoms with E-state index in [1.54, 1.807) is 16.8 Å². The third kappa shape index (κ3) is 5.00. The molecule has 0 fully saturated rings. The fraction of sp³-hybridized carbons (Fsp3) is 0.231. The van der Waals surface area contributed by atoms with Gasteiger partial charge in [0.25, 0.3) is 5.91 Å². The number of halogens is 1. The van der Waals surface area contributed by atoms with E-state index in [1.165, 1.54) is 30.4 Å². The highest BCUT2D eigenvalue weighted by molar-refractivity contribution is 7.14. The van der Waals surface area contributed by atoms with Crippen molar-refractivity contribution in [3.63, 3.8) is 0 Å². The molecule has 9 heteroatoms. The van der Waals surface area contributed by atoms with Crippen molar-refractivity contribution < 1.29 is 14.0 Å². The van der Waals surface area contributed by atoms with E-state index < -0.39 is 0 Å². The highest BCUT2D eigenvalue weighted by Crippen LogP contribution is 2.29. The molecule has 2 aromatic carbocycles. The minimum atomic E-state index is -0.310. The van der Waals surface area contributed by atoms with E-state index in [2.05, 4.69) is 20.7 Å². The number of thiazole rings is 1. The van der Waals surface area contributed by atoms with Gasteiger partial charge in [-0.15, -0.1) is 11.3 Å². The number of fused-ring (bicyclic) bond motifs is 1. The number of amides is 2. The molecule has 35 heavy (non-hydrogen) atoms. The lowest BCUT2D eigenvalue weighted by atomic mass is 9.95. The zero-order chi connectivity index (χ0) is 24.4. The van der Waals surface area contributed by atoms with Gasteiger partial charge in [-0.1, -0.05) is 24.3 Å². The van der Waals surface area contributed by atoms with Gasteiger partial charge in [0.15, 0.2) is 10.8 Å². The van der Waals surface area contributed by atoms with Crippen molar-refractivity contribution in [1.29, 1.82) is 0 Å². The van der Waals surface area contributed by atoms with Crippen LogP contribution in [0, 0.1) is 5.82 Å². The van der Waals surface area contributed by atoms with Crippen molar-refractivity contribution in [1.82, 2.24) is 20.1 Å². The van der Waals surface area contributed by atoms with Crippen LogP contribution < -0.4 is 10.6 Å². The first kappa shape index (κ1) is 22.9. The summed E-state index contributed by atoms with van der Waals surface area (Å²) in [6.07, 6.45) is 3.64. The van der Waals surface area contributed by atoms with E-state index in [4.69, 9.17) is 0 Å². The molecule has 0 aliphatic heterocycles. The van der Waals surface area contributed by atoms with E-state index in [-0.39, 0.29) is 17.6 Å². The summed E-state index contributed by atoms with van der Waals surface area (Å²) in [6.45, 7) is 1.96. The van der Waals surface area contributed by atoms with Crippen molar-refractivity contribution >= 4 is 28.3 Å². The first-order chi connectivity index (χ1) is 17.0. The fourth-order valence-corrected chi connectivity index (χ4v) is 4.93. The van der Waals surface area contributed by atoms with E-state index in [0.29, 0.717) is 17.4 Å². The third-order valence-electron chi connectivity index (χ3n) is 5.98. The Balaban J connectivity index is 1.34. The normalized spacial score (nSPS) is 12.7. The van der Waals surface area contributed by atoms with Crippen LogP contribution in [0.3, 0.4) is 0 Å². The lowest BCUT2D eigenvalue weighted by molar-refractivity contribution is -0.119. The zero-order valence-electron chi connectivity index (χ0n) is 19.2. The molecule has 0 atom stereocenters. The average molecular weight is 490 g/mol. The quantitative estimate of drug-likeness (QED) is 0.403. The monoisotopic (exact) mass is 489 g/mol. The number of nitrogens with one attached hydrogen (secondary N) is 2. The van der Waals surface area contributed by atoms with Gasteiger partial charge in [0.2, 0.25) is 5.91 Å². The summed E-state index contributed by atoms with van der Waals surface area (Å²) < 4.78 is 15.2. The molecule has 0 saturated carbocycles. The van der Waals surface area contributed by atoms with Gasteiger partial charge in [0, 0.05) is 35.7 Å². The van der Waals surface area contributed by atoms with Gasteiger partial charge < -0.3 is 5.32 Å². The second-order valence-electron chi connectivity index (χ2n) is 8.47. The summed E-state index contributed by atoms with van der Waals surface area (Å²) in [5.74, 6) is -0.678. The van der Waals surface area contributed by atoms with Gasteiger partial charge in [-0.05, 0) is 55.5 Å². The molecule has 2 aromatic heterocycles. The molecule has 4 aromatic rings. The van der Waals surface area contributed by atoms with E-state index >= 15 is 0 Å².